The molecule has 0 spiro atoms. The molecule has 0 radical (unpaired) electrons. The Morgan fingerprint density at radius 1 is 1.26 bits per heavy atom. The van der Waals surface area contributed by atoms with Crippen molar-refractivity contribution in [2.75, 3.05) is 6.54 Å². The largest absolute Gasteiger partial charge is 0.320 e. The molecule has 3 rings (SSSR count). The van der Waals surface area contributed by atoms with Crippen LogP contribution >= 0.6 is 11.3 Å². The first-order chi connectivity index (χ1) is 11.2. The first-order valence-corrected chi connectivity index (χ1v) is 8.99. The molecule has 1 atom stereocenters. The van der Waals surface area contributed by atoms with Crippen LogP contribution in [0.1, 0.15) is 41.6 Å². The summed E-state index contributed by atoms with van der Waals surface area (Å²) in [7, 11) is 0. The van der Waals surface area contributed by atoms with Crippen molar-refractivity contribution in [1.82, 2.24) is 4.90 Å². The topological polar surface area (TPSA) is 44.1 Å². The molecule has 2 aromatic rings. The molecular weight excluding hydrogens is 304 g/mol. The predicted molar refractivity (Wildman–Crippen MR) is 92.3 cm³/mol. The van der Waals surface area contributed by atoms with Gasteiger partial charge in [0.05, 0.1) is 6.07 Å². The number of benzene rings is 1. The molecule has 3 nitrogen and oxygen atoms in total. The van der Waals surface area contributed by atoms with E-state index in [4.69, 9.17) is 0 Å². The molecule has 4 heteroatoms. The molecule has 1 aromatic carbocycles. The molecule has 1 amide bonds. The number of carbonyl (C=O) groups excluding carboxylic acids is 1. The second-order valence-corrected chi connectivity index (χ2v) is 6.83. The van der Waals surface area contributed by atoms with Gasteiger partial charge in [-0.05, 0) is 66.6 Å². The Morgan fingerprint density at radius 2 is 2.09 bits per heavy atom. The lowest BCUT2D eigenvalue weighted by Gasteiger charge is -2.42. The lowest BCUT2D eigenvalue weighted by molar-refractivity contribution is 0.0459. The molecule has 118 valence electrons. The van der Waals surface area contributed by atoms with Gasteiger partial charge in [-0.1, -0.05) is 18.2 Å². The SMILES string of the molecule is N#CC1(CCc2ccsc2)CCCCN1C(=O)c1ccccc1. The molecular formula is C19H20N2OS. The Bertz CT molecular complexity index is 690. The number of nitrogens with zero attached hydrogens (tertiary/aromatic N) is 2. The van der Waals surface area contributed by atoms with Crippen LogP contribution in [-0.2, 0) is 6.42 Å². The van der Waals surface area contributed by atoms with Crippen molar-refractivity contribution in [3.8, 4) is 6.07 Å². The van der Waals surface area contributed by atoms with E-state index in [0.29, 0.717) is 18.5 Å². The average Bonchev–Trinajstić information content (AvgIpc) is 3.14. The van der Waals surface area contributed by atoms with Crippen LogP contribution in [0.4, 0.5) is 0 Å². The number of hydrogen-bond acceptors (Lipinski definition) is 3. The summed E-state index contributed by atoms with van der Waals surface area (Å²) in [6.07, 6.45) is 4.30. The van der Waals surface area contributed by atoms with Gasteiger partial charge >= 0.3 is 0 Å². The number of carbonyl (C=O) groups is 1. The highest BCUT2D eigenvalue weighted by Gasteiger charge is 2.41. The summed E-state index contributed by atoms with van der Waals surface area (Å²) in [4.78, 5) is 14.7. The lowest BCUT2D eigenvalue weighted by Crippen LogP contribution is -2.54. The van der Waals surface area contributed by atoms with Gasteiger partial charge in [0.2, 0.25) is 0 Å². The van der Waals surface area contributed by atoms with E-state index in [1.807, 2.05) is 35.2 Å². The summed E-state index contributed by atoms with van der Waals surface area (Å²) in [6, 6.07) is 13.9. The van der Waals surface area contributed by atoms with E-state index in [2.05, 4.69) is 22.9 Å². The highest BCUT2D eigenvalue weighted by Crippen LogP contribution is 2.33. The van der Waals surface area contributed by atoms with Crippen LogP contribution < -0.4 is 0 Å². The van der Waals surface area contributed by atoms with E-state index in [0.717, 1.165) is 25.7 Å². The lowest BCUT2D eigenvalue weighted by atomic mass is 9.82. The summed E-state index contributed by atoms with van der Waals surface area (Å²) in [5, 5.41) is 14.1. The Kier molecular flexibility index (Phi) is 4.78. The highest BCUT2D eigenvalue weighted by molar-refractivity contribution is 7.07. The molecule has 1 aromatic heterocycles. The Balaban J connectivity index is 1.83. The van der Waals surface area contributed by atoms with Crippen LogP contribution in [0.2, 0.25) is 0 Å². The van der Waals surface area contributed by atoms with Crippen molar-refractivity contribution in [2.45, 2.75) is 37.6 Å². The monoisotopic (exact) mass is 324 g/mol. The zero-order chi connectivity index (χ0) is 16.1. The number of aryl methyl sites for hydroxylation is 1. The van der Waals surface area contributed by atoms with Gasteiger partial charge in [-0.2, -0.15) is 16.6 Å². The third-order valence-electron chi connectivity index (χ3n) is 4.62. The number of amides is 1. The van der Waals surface area contributed by atoms with Gasteiger partial charge in [-0.15, -0.1) is 0 Å². The fourth-order valence-corrected chi connectivity index (χ4v) is 3.99. The van der Waals surface area contributed by atoms with Crippen molar-refractivity contribution in [3.63, 3.8) is 0 Å². The van der Waals surface area contributed by atoms with Crippen molar-refractivity contribution in [3.05, 3.63) is 58.3 Å². The molecule has 2 heterocycles. The third kappa shape index (κ3) is 3.30. The van der Waals surface area contributed by atoms with E-state index in [1.54, 1.807) is 11.3 Å². The number of likely N-dealkylation sites (tertiary alicyclic amines) is 1. The van der Waals surface area contributed by atoms with E-state index >= 15 is 0 Å². The fourth-order valence-electron chi connectivity index (χ4n) is 3.29. The van der Waals surface area contributed by atoms with Crippen molar-refractivity contribution in [1.29, 1.82) is 5.26 Å². The Hall–Kier alpha value is -2.12. The van der Waals surface area contributed by atoms with E-state index in [9.17, 15) is 10.1 Å². The smallest absolute Gasteiger partial charge is 0.255 e. The minimum Gasteiger partial charge on any atom is -0.320 e. The summed E-state index contributed by atoms with van der Waals surface area (Å²) >= 11 is 1.67. The van der Waals surface area contributed by atoms with Gasteiger partial charge in [-0.3, -0.25) is 4.79 Å². The molecule has 23 heavy (non-hydrogen) atoms. The minimum atomic E-state index is -0.674. The summed E-state index contributed by atoms with van der Waals surface area (Å²) in [5.41, 5.74) is 1.25. The Morgan fingerprint density at radius 3 is 2.78 bits per heavy atom. The third-order valence-corrected chi connectivity index (χ3v) is 5.35. The predicted octanol–water partition coefficient (Wildman–Crippen LogP) is 4.27. The van der Waals surface area contributed by atoms with Crippen LogP contribution in [0.15, 0.2) is 47.2 Å². The van der Waals surface area contributed by atoms with Gasteiger partial charge in [-0.25, -0.2) is 0 Å². The molecule has 0 N–H and O–H groups in total. The van der Waals surface area contributed by atoms with Crippen LogP contribution in [0.5, 0.6) is 0 Å². The molecule has 0 aliphatic carbocycles. The summed E-state index contributed by atoms with van der Waals surface area (Å²) in [6.45, 7) is 0.672. The quantitative estimate of drug-likeness (QED) is 0.843. The second kappa shape index (κ2) is 6.97. The number of nitriles is 1. The van der Waals surface area contributed by atoms with Crippen molar-refractivity contribution >= 4 is 17.2 Å². The van der Waals surface area contributed by atoms with Gasteiger partial charge < -0.3 is 4.90 Å². The van der Waals surface area contributed by atoms with Crippen molar-refractivity contribution < 1.29 is 4.79 Å². The summed E-state index contributed by atoms with van der Waals surface area (Å²) < 4.78 is 0. The normalized spacial score (nSPS) is 20.9. The van der Waals surface area contributed by atoms with Crippen LogP contribution in [0, 0.1) is 11.3 Å². The molecule has 1 aliphatic heterocycles. The maximum Gasteiger partial charge on any atom is 0.255 e. The van der Waals surface area contributed by atoms with Gasteiger partial charge in [0.15, 0.2) is 0 Å². The van der Waals surface area contributed by atoms with E-state index in [-0.39, 0.29) is 5.91 Å². The van der Waals surface area contributed by atoms with Crippen LogP contribution in [0.3, 0.4) is 0 Å². The maximum absolute atomic E-state index is 12.9. The van der Waals surface area contributed by atoms with Crippen LogP contribution in [-0.4, -0.2) is 22.9 Å². The molecule has 0 saturated carbocycles. The van der Waals surface area contributed by atoms with Gasteiger partial charge in [0, 0.05) is 12.1 Å². The highest BCUT2D eigenvalue weighted by atomic mass is 32.1. The standard InChI is InChI=1S/C19H20N2OS/c20-15-19(11-8-16-9-13-23-14-16)10-4-5-12-21(19)18(22)17-6-2-1-3-7-17/h1-3,6-7,9,13-14H,4-5,8,10-12H2. The molecule has 1 unspecified atom stereocenters. The first kappa shape index (κ1) is 15.8. The van der Waals surface area contributed by atoms with E-state index < -0.39 is 5.54 Å². The van der Waals surface area contributed by atoms with Crippen molar-refractivity contribution in [2.24, 2.45) is 0 Å². The number of piperidine rings is 1. The summed E-state index contributed by atoms with van der Waals surface area (Å²) in [5.74, 6) is -0.0165. The van der Waals surface area contributed by atoms with Crippen LogP contribution in [0.25, 0.3) is 0 Å². The zero-order valence-corrected chi connectivity index (χ0v) is 13.9. The molecule has 1 saturated heterocycles. The average molecular weight is 324 g/mol. The molecule has 1 fully saturated rings. The fraction of sp³-hybridized carbons (Fsp3) is 0.368. The zero-order valence-electron chi connectivity index (χ0n) is 13.1. The molecule has 0 bridgehead atoms. The van der Waals surface area contributed by atoms with Gasteiger partial charge in [0.1, 0.15) is 5.54 Å². The number of hydrogen-bond donors (Lipinski definition) is 0. The first-order valence-electron chi connectivity index (χ1n) is 8.04. The second-order valence-electron chi connectivity index (χ2n) is 6.05. The molecule has 1 aliphatic rings. The number of rotatable bonds is 4. The van der Waals surface area contributed by atoms with E-state index in [1.165, 1.54) is 5.56 Å². The Labute approximate surface area is 141 Å². The number of thiophene rings is 1. The maximum atomic E-state index is 12.9. The minimum absolute atomic E-state index is 0.0165. The van der Waals surface area contributed by atoms with Gasteiger partial charge in [0.25, 0.3) is 5.91 Å².